The van der Waals surface area contributed by atoms with Crippen molar-refractivity contribution in [2.75, 3.05) is 52.0 Å². The normalized spacial score (nSPS) is 21.4. The molecule has 4 N–H and O–H groups in total. The van der Waals surface area contributed by atoms with Crippen molar-refractivity contribution in [3.63, 3.8) is 0 Å². The zero-order chi connectivity index (χ0) is 19.6. The van der Waals surface area contributed by atoms with Gasteiger partial charge in [-0.1, -0.05) is 0 Å². The molecule has 2 aliphatic rings. The lowest BCUT2D eigenvalue weighted by atomic mass is 10.00. The second-order valence-electron chi connectivity index (χ2n) is 7.68. The van der Waals surface area contributed by atoms with Gasteiger partial charge in [0.1, 0.15) is 0 Å². The molecule has 8 heteroatoms. The van der Waals surface area contributed by atoms with Gasteiger partial charge in [0, 0.05) is 54.3 Å². The maximum absolute atomic E-state index is 12.8. The lowest BCUT2D eigenvalue weighted by Crippen LogP contribution is -2.54. The number of benzene rings is 1. The molecule has 1 aromatic rings. The van der Waals surface area contributed by atoms with Crippen LogP contribution in [0.5, 0.6) is 0 Å². The Morgan fingerprint density at radius 1 is 1.11 bits per heavy atom. The quantitative estimate of drug-likeness (QED) is 0.615. The molecule has 2 fully saturated rings. The molecule has 0 bridgehead atoms. The number of nitrogens with two attached hydrogens (primary N) is 2. The highest BCUT2D eigenvalue weighted by Crippen LogP contribution is 2.30. The van der Waals surface area contributed by atoms with Crippen LogP contribution in [-0.4, -0.2) is 79.0 Å². The maximum atomic E-state index is 12.8. The molecule has 1 atom stereocenters. The molecule has 0 radical (unpaired) electrons. The second kappa shape index (κ2) is 9.22. The molecule has 1 aromatic carbocycles. The number of nitrogen functional groups attached to an aromatic ring is 1. The Balaban J connectivity index is 1.51. The van der Waals surface area contributed by atoms with E-state index in [-0.39, 0.29) is 5.91 Å². The first-order chi connectivity index (χ1) is 12.8. The van der Waals surface area contributed by atoms with Crippen LogP contribution in [0.15, 0.2) is 21.1 Å². The smallest absolute Gasteiger partial charge is 0.239 e. The SMILES string of the molecule is CN1CCN(C2CCN(C(=O)[C@H](N)Cc3cc(Br)c(N)c(Br)c3)CC2)CC1. The van der Waals surface area contributed by atoms with Gasteiger partial charge in [-0.25, -0.2) is 0 Å². The Labute approximate surface area is 178 Å². The van der Waals surface area contributed by atoms with Crippen LogP contribution < -0.4 is 11.5 Å². The van der Waals surface area contributed by atoms with Gasteiger partial charge in [0.25, 0.3) is 0 Å². The van der Waals surface area contributed by atoms with Crippen molar-refractivity contribution in [3.8, 4) is 0 Å². The highest BCUT2D eigenvalue weighted by atomic mass is 79.9. The first-order valence-electron chi connectivity index (χ1n) is 9.55. The number of rotatable bonds is 4. The fourth-order valence-electron chi connectivity index (χ4n) is 3.97. The van der Waals surface area contributed by atoms with Crippen molar-refractivity contribution in [1.82, 2.24) is 14.7 Å². The fourth-order valence-corrected chi connectivity index (χ4v) is 5.25. The minimum Gasteiger partial charge on any atom is -0.397 e. The zero-order valence-corrected chi connectivity index (χ0v) is 19.0. The number of hydrogen-bond acceptors (Lipinski definition) is 5. The number of likely N-dealkylation sites (N-methyl/N-ethyl adjacent to an activating group) is 1. The predicted molar refractivity (Wildman–Crippen MR) is 117 cm³/mol. The number of piperidine rings is 1. The van der Waals surface area contributed by atoms with Gasteiger partial charge in [-0.15, -0.1) is 0 Å². The number of halogens is 2. The van der Waals surface area contributed by atoms with Gasteiger partial charge in [-0.3, -0.25) is 9.69 Å². The van der Waals surface area contributed by atoms with Crippen LogP contribution in [0, 0.1) is 0 Å². The van der Waals surface area contributed by atoms with Crippen molar-refractivity contribution in [1.29, 1.82) is 0 Å². The highest BCUT2D eigenvalue weighted by Gasteiger charge is 2.30. The Kier molecular flexibility index (Phi) is 7.19. The van der Waals surface area contributed by atoms with Gasteiger partial charge < -0.3 is 21.3 Å². The summed E-state index contributed by atoms with van der Waals surface area (Å²) >= 11 is 6.90. The van der Waals surface area contributed by atoms with Gasteiger partial charge in [-0.2, -0.15) is 0 Å². The summed E-state index contributed by atoms with van der Waals surface area (Å²) in [6.07, 6.45) is 2.59. The van der Waals surface area contributed by atoms with Crippen LogP contribution in [0.2, 0.25) is 0 Å². The molecular formula is C19H29Br2N5O. The number of piperazine rings is 1. The third-order valence-electron chi connectivity index (χ3n) is 5.74. The van der Waals surface area contributed by atoms with E-state index in [2.05, 4.69) is 48.7 Å². The largest absolute Gasteiger partial charge is 0.397 e. The van der Waals surface area contributed by atoms with Crippen molar-refractivity contribution in [2.24, 2.45) is 5.73 Å². The molecule has 0 spiro atoms. The van der Waals surface area contributed by atoms with Crippen LogP contribution in [0.25, 0.3) is 0 Å². The average molecular weight is 503 g/mol. The maximum Gasteiger partial charge on any atom is 0.239 e. The monoisotopic (exact) mass is 501 g/mol. The molecule has 0 saturated carbocycles. The Hall–Kier alpha value is -0.670. The summed E-state index contributed by atoms with van der Waals surface area (Å²) in [5.74, 6) is 0.0518. The summed E-state index contributed by atoms with van der Waals surface area (Å²) in [5, 5.41) is 0. The zero-order valence-electron chi connectivity index (χ0n) is 15.8. The summed E-state index contributed by atoms with van der Waals surface area (Å²) in [6, 6.07) is 3.95. The van der Waals surface area contributed by atoms with Crippen molar-refractivity contribution in [3.05, 3.63) is 26.6 Å². The standard InChI is InChI=1S/C19H29Br2N5O/c1-24-6-8-25(9-7-24)14-2-4-26(5-3-14)19(27)17(22)12-13-10-15(20)18(23)16(21)11-13/h10-11,14,17H,2-9,12,22-23H2,1H3/t17-/m1/s1. The van der Waals surface area contributed by atoms with E-state index in [0.717, 1.165) is 66.6 Å². The van der Waals surface area contributed by atoms with E-state index in [1.165, 1.54) is 0 Å². The molecule has 27 heavy (non-hydrogen) atoms. The van der Waals surface area contributed by atoms with E-state index >= 15 is 0 Å². The summed E-state index contributed by atoms with van der Waals surface area (Å²) < 4.78 is 1.64. The van der Waals surface area contributed by atoms with Crippen molar-refractivity contribution in [2.45, 2.75) is 31.3 Å². The van der Waals surface area contributed by atoms with Crippen LogP contribution in [-0.2, 0) is 11.2 Å². The minimum atomic E-state index is -0.521. The van der Waals surface area contributed by atoms with E-state index < -0.39 is 6.04 Å². The minimum absolute atomic E-state index is 0.0518. The third-order valence-corrected chi connectivity index (χ3v) is 7.05. The average Bonchev–Trinajstić information content (AvgIpc) is 2.66. The Bertz CT molecular complexity index is 647. The topological polar surface area (TPSA) is 78.8 Å². The highest BCUT2D eigenvalue weighted by molar-refractivity contribution is 9.11. The van der Waals surface area contributed by atoms with Crippen molar-refractivity contribution >= 4 is 43.5 Å². The number of amides is 1. The molecule has 3 rings (SSSR count). The molecule has 1 amide bonds. The van der Waals surface area contributed by atoms with Crippen LogP contribution in [0.1, 0.15) is 18.4 Å². The first-order valence-corrected chi connectivity index (χ1v) is 11.1. The van der Waals surface area contributed by atoms with Crippen LogP contribution >= 0.6 is 31.9 Å². The summed E-state index contributed by atoms with van der Waals surface area (Å²) in [5.41, 5.74) is 13.8. The summed E-state index contributed by atoms with van der Waals surface area (Å²) in [7, 11) is 2.18. The number of hydrogen-bond donors (Lipinski definition) is 2. The molecular weight excluding hydrogens is 474 g/mol. The molecule has 0 aliphatic carbocycles. The Morgan fingerprint density at radius 3 is 2.22 bits per heavy atom. The molecule has 6 nitrogen and oxygen atoms in total. The van der Waals surface area contributed by atoms with Gasteiger partial charge in [0.2, 0.25) is 5.91 Å². The summed E-state index contributed by atoms with van der Waals surface area (Å²) in [4.78, 5) is 19.7. The van der Waals surface area contributed by atoms with Crippen molar-refractivity contribution < 1.29 is 4.79 Å². The van der Waals surface area contributed by atoms with E-state index in [4.69, 9.17) is 11.5 Å². The number of anilines is 1. The third kappa shape index (κ3) is 5.23. The van der Waals surface area contributed by atoms with Gasteiger partial charge in [0.15, 0.2) is 0 Å². The van der Waals surface area contributed by atoms with E-state index in [1.54, 1.807) is 0 Å². The van der Waals surface area contributed by atoms with Crippen LogP contribution in [0.4, 0.5) is 5.69 Å². The van der Waals surface area contributed by atoms with Crippen LogP contribution in [0.3, 0.4) is 0 Å². The first kappa shape index (κ1) is 21.0. The molecule has 150 valence electrons. The van der Waals surface area contributed by atoms with Gasteiger partial charge in [0.05, 0.1) is 11.7 Å². The predicted octanol–water partition coefficient (Wildman–Crippen LogP) is 1.90. The summed E-state index contributed by atoms with van der Waals surface area (Å²) in [6.45, 7) is 6.15. The number of carbonyl (C=O) groups excluding carboxylic acids is 1. The Morgan fingerprint density at radius 2 is 1.67 bits per heavy atom. The van der Waals surface area contributed by atoms with Gasteiger partial charge in [-0.05, 0) is 75.9 Å². The molecule has 0 unspecified atom stereocenters. The fraction of sp³-hybridized carbons (Fsp3) is 0.632. The number of nitrogens with zero attached hydrogens (tertiary/aromatic N) is 3. The van der Waals surface area contributed by atoms with E-state index in [9.17, 15) is 4.79 Å². The molecule has 0 aromatic heterocycles. The molecule has 2 saturated heterocycles. The lowest BCUT2D eigenvalue weighted by Gasteiger charge is -2.42. The molecule has 2 heterocycles. The van der Waals surface area contributed by atoms with E-state index in [1.807, 2.05) is 17.0 Å². The van der Waals surface area contributed by atoms with Gasteiger partial charge >= 0.3 is 0 Å². The van der Waals surface area contributed by atoms with E-state index in [0.29, 0.717) is 18.2 Å². The second-order valence-corrected chi connectivity index (χ2v) is 9.39. The number of likely N-dealkylation sites (tertiary alicyclic amines) is 1. The lowest BCUT2D eigenvalue weighted by molar-refractivity contribution is -0.134. The molecule has 2 aliphatic heterocycles. The number of carbonyl (C=O) groups is 1.